The van der Waals surface area contributed by atoms with Gasteiger partial charge in [0.2, 0.25) is 0 Å². The Hall–Kier alpha value is -1.31. The number of hydrogen-bond donors (Lipinski definition) is 1. The van der Waals surface area contributed by atoms with Gasteiger partial charge in [0.15, 0.2) is 0 Å². The second-order valence-electron chi connectivity index (χ2n) is 4.52. The molecule has 0 saturated carbocycles. The van der Waals surface area contributed by atoms with Gasteiger partial charge in [-0.05, 0) is 36.1 Å². The molecule has 18 heavy (non-hydrogen) atoms. The van der Waals surface area contributed by atoms with Crippen LogP contribution in [0.25, 0.3) is 0 Å². The molecule has 0 spiro atoms. The zero-order valence-electron chi connectivity index (χ0n) is 10.7. The van der Waals surface area contributed by atoms with E-state index in [1.807, 2.05) is 49.4 Å². The van der Waals surface area contributed by atoms with Crippen LogP contribution in [0.4, 0.5) is 0 Å². The van der Waals surface area contributed by atoms with Crippen LogP contribution in [0.15, 0.2) is 42.5 Å². The lowest BCUT2D eigenvalue weighted by Gasteiger charge is -2.14. The Bertz CT molecular complexity index is 531. The third-order valence-electron chi connectivity index (χ3n) is 3.15. The van der Waals surface area contributed by atoms with E-state index in [-0.39, 0.29) is 0 Å². The summed E-state index contributed by atoms with van der Waals surface area (Å²) >= 11 is 6.17. The standard InChI is InChI=1S/C16H17ClO/c1-3-12-5-7-13(8-6-12)16(18)14-9-4-11(2)10-15(14)17/h4-10,16,18H,3H2,1-2H3. The minimum Gasteiger partial charge on any atom is -0.384 e. The maximum Gasteiger partial charge on any atom is 0.105 e. The summed E-state index contributed by atoms with van der Waals surface area (Å²) in [5, 5.41) is 11.0. The molecule has 2 heteroatoms. The predicted octanol–water partition coefficient (Wildman–Crippen LogP) is 4.29. The lowest BCUT2D eigenvalue weighted by molar-refractivity contribution is 0.220. The highest BCUT2D eigenvalue weighted by atomic mass is 35.5. The molecule has 0 radical (unpaired) electrons. The van der Waals surface area contributed by atoms with Crippen LogP contribution < -0.4 is 0 Å². The maximum absolute atomic E-state index is 10.3. The summed E-state index contributed by atoms with van der Waals surface area (Å²) in [5.41, 5.74) is 3.99. The van der Waals surface area contributed by atoms with Gasteiger partial charge in [0.1, 0.15) is 6.10 Å². The van der Waals surface area contributed by atoms with E-state index in [1.165, 1.54) is 5.56 Å². The van der Waals surface area contributed by atoms with Gasteiger partial charge in [0.25, 0.3) is 0 Å². The van der Waals surface area contributed by atoms with E-state index in [0.29, 0.717) is 5.02 Å². The van der Waals surface area contributed by atoms with Crippen LogP contribution in [0.1, 0.15) is 35.3 Å². The van der Waals surface area contributed by atoms with E-state index in [1.54, 1.807) is 0 Å². The van der Waals surface area contributed by atoms with Crippen molar-refractivity contribution < 1.29 is 5.11 Å². The first-order valence-electron chi connectivity index (χ1n) is 6.14. The average molecular weight is 261 g/mol. The highest BCUT2D eigenvalue weighted by molar-refractivity contribution is 6.31. The van der Waals surface area contributed by atoms with Crippen LogP contribution >= 0.6 is 11.6 Å². The lowest BCUT2D eigenvalue weighted by Crippen LogP contribution is -2.01. The molecule has 1 unspecified atom stereocenters. The molecule has 0 bridgehead atoms. The minimum absolute atomic E-state index is 0.613. The minimum atomic E-state index is -0.663. The molecule has 2 aromatic carbocycles. The molecule has 94 valence electrons. The third kappa shape index (κ3) is 2.74. The van der Waals surface area contributed by atoms with Gasteiger partial charge in [0, 0.05) is 10.6 Å². The Morgan fingerprint density at radius 1 is 1.11 bits per heavy atom. The maximum atomic E-state index is 10.3. The molecule has 0 amide bonds. The molecule has 2 aromatic rings. The topological polar surface area (TPSA) is 20.2 Å². The van der Waals surface area contributed by atoms with Crippen molar-refractivity contribution in [3.05, 3.63) is 69.7 Å². The normalized spacial score (nSPS) is 12.4. The van der Waals surface area contributed by atoms with Gasteiger partial charge in [-0.15, -0.1) is 0 Å². The zero-order chi connectivity index (χ0) is 13.1. The summed E-state index contributed by atoms with van der Waals surface area (Å²) in [6.45, 7) is 4.10. The Morgan fingerprint density at radius 2 is 1.78 bits per heavy atom. The van der Waals surface area contributed by atoms with Crippen molar-refractivity contribution in [2.24, 2.45) is 0 Å². The highest BCUT2D eigenvalue weighted by Gasteiger charge is 2.13. The Balaban J connectivity index is 2.31. The molecule has 0 aliphatic heterocycles. The summed E-state index contributed by atoms with van der Waals surface area (Å²) in [6.07, 6.45) is 0.339. The summed E-state index contributed by atoms with van der Waals surface area (Å²) in [6, 6.07) is 13.7. The Labute approximate surface area is 113 Å². The third-order valence-corrected chi connectivity index (χ3v) is 3.48. The molecule has 0 aliphatic rings. The zero-order valence-corrected chi connectivity index (χ0v) is 11.4. The van der Waals surface area contributed by atoms with Crippen molar-refractivity contribution in [2.45, 2.75) is 26.4 Å². The quantitative estimate of drug-likeness (QED) is 0.873. The number of hydrogen-bond acceptors (Lipinski definition) is 1. The van der Waals surface area contributed by atoms with E-state index in [4.69, 9.17) is 11.6 Å². The van der Waals surface area contributed by atoms with Gasteiger partial charge in [-0.3, -0.25) is 0 Å². The van der Waals surface area contributed by atoms with Crippen LogP contribution in [0, 0.1) is 6.92 Å². The molecule has 0 saturated heterocycles. The first-order valence-corrected chi connectivity index (χ1v) is 6.52. The number of halogens is 1. The van der Waals surface area contributed by atoms with Gasteiger partial charge in [-0.25, -0.2) is 0 Å². The van der Waals surface area contributed by atoms with Gasteiger partial charge < -0.3 is 5.11 Å². The Morgan fingerprint density at radius 3 is 2.33 bits per heavy atom. The van der Waals surface area contributed by atoms with Crippen LogP contribution in [-0.4, -0.2) is 5.11 Å². The molecule has 0 heterocycles. The molecule has 1 atom stereocenters. The van der Waals surface area contributed by atoms with Crippen molar-refractivity contribution in [1.29, 1.82) is 0 Å². The largest absolute Gasteiger partial charge is 0.384 e. The van der Waals surface area contributed by atoms with E-state index in [9.17, 15) is 5.11 Å². The van der Waals surface area contributed by atoms with E-state index in [2.05, 4.69) is 6.92 Å². The van der Waals surface area contributed by atoms with Gasteiger partial charge in [-0.1, -0.05) is 54.9 Å². The lowest BCUT2D eigenvalue weighted by atomic mass is 9.99. The number of aryl methyl sites for hydroxylation is 2. The number of aliphatic hydroxyl groups is 1. The smallest absolute Gasteiger partial charge is 0.105 e. The number of benzene rings is 2. The highest BCUT2D eigenvalue weighted by Crippen LogP contribution is 2.29. The van der Waals surface area contributed by atoms with E-state index in [0.717, 1.165) is 23.1 Å². The molecular weight excluding hydrogens is 244 g/mol. The van der Waals surface area contributed by atoms with Crippen LogP contribution in [0.5, 0.6) is 0 Å². The molecule has 1 nitrogen and oxygen atoms in total. The van der Waals surface area contributed by atoms with Crippen LogP contribution in [0.3, 0.4) is 0 Å². The van der Waals surface area contributed by atoms with Crippen molar-refractivity contribution in [1.82, 2.24) is 0 Å². The second-order valence-corrected chi connectivity index (χ2v) is 4.93. The predicted molar refractivity (Wildman–Crippen MR) is 76.1 cm³/mol. The number of aliphatic hydroxyl groups excluding tert-OH is 1. The van der Waals surface area contributed by atoms with Crippen LogP contribution in [-0.2, 0) is 6.42 Å². The second kappa shape index (κ2) is 5.55. The van der Waals surface area contributed by atoms with Crippen molar-refractivity contribution >= 4 is 11.6 Å². The van der Waals surface area contributed by atoms with Crippen LogP contribution in [0.2, 0.25) is 5.02 Å². The average Bonchev–Trinajstić information content (AvgIpc) is 2.38. The fraction of sp³-hybridized carbons (Fsp3) is 0.250. The summed E-state index contributed by atoms with van der Waals surface area (Å²) in [5.74, 6) is 0. The molecule has 1 N–H and O–H groups in total. The first kappa shape index (κ1) is 13.1. The summed E-state index contributed by atoms with van der Waals surface area (Å²) in [4.78, 5) is 0. The number of rotatable bonds is 3. The summed E-state index contributed by atoms with van der Waals surface area (Å²) in [7, 11) is 0. The fourth-order valence-corrected chi connectivity index (χ4v) is 2.31. The Kier molecular flexibility index (Phi) is 4.05. The SMILES string of the molecule is CCc1ccc(C(O)c2ccc(C)cc2Cl)cc1. The molecule has 2 rings (SSSR count). The molecular formula is C16H17ClO. The van der Waals surface area contributed by atoms with Gasteiger partial charge in [-0.2, -0.15) is 0 Å². The first-order chi connectivity index (χ1) is 8.61. The van der Waals surface area contributed by atoms with Crippen molar-refractivity contribution in [3.8, 4) is 0 Å². The van der Waals surface area contributed by atoms with Crippen molar-refractivity contribution in [2.75, 3.05) is 0 Å². The van der Waals surface area contributed by atoms with E-state index < -0.39 is 6.10 Å². The fourth-order valence-electron chi connectivity index (χ4n) is 1.97. The van der Waals surface area contributed by atoms with Gasteiger partial charge in [0.05, 0.1) is 0 Å². The summed E-state index contributed by atoms with van der Waals surface area (Å²) < 4.78 is 0. The van der Waals surface area contributed by atoms with E-state index >= 15 is 0 Å². The molecule has 0 aliphatic carbocycles. The van der Waals surface area contributed by atoms with Crippen molar-refractivity contribution in [3.63, 3.8) is 0 Å². The molecule has 0 aromatic heterocycles. The monoisotopic (exact) mass is 260 g/mol. The molecule has 0 fully saturated rings. The van der Waals surface area contributed by atoms with Gasteiger partial charge >= 0.3 is 0 Å².